The summed E-state index contributed by atoms with van der Waals surface area (Å²) in [6.07, 6.45) is 2.92. The lowest BCUT2D eigenvalue weighted by Crippen LogP contribution is -2.03. The molecule has 1 aromatic carbocycles. The van der Waals surface area contributed by atoms with Crippen LogP contribution in [-0.4, -0.2) is 15.8 Å². The third-order valence-corrected chi connectivity index (χ3v) is 4.26. The van der Waals surface area contributed by atoms with Gasteiger partial charge in [0, 0.05) is 28.6 Å². The molecule has 1 heterocycles. The van der Waals surface area contributed by atoms with E-state index in [-0.39, 0.29) is 0 Å². The molecule has 2 nitrogen and oxygen atoms in total. The van der Waals surface area contributed by atoms with Crippen LogP contribution >= 0.6 is 23.4 Å². The molecule has 1 N–H and O–H groups in total. The van der Waals surface area contributed by atoms with Crippen LogP contribution in [0, 0.1) is 6.92 Å². The zero-order chi connectivity index (χ0) is 13.0. The molecule has 1 aromatic heterocycles. The molecule has 0 saturated heterocycles. The van der Waals surface area contributed by atoms with Gasteiger partial charge >= 0.3 is 0 Å². The predicted octanol–water partition coefficient (Wildman–Crippen LogP) is 3.87. The van der Waals surface area contributed by atoms with Crippen molar-refractivity contribution in [3.05, 3.63) is 58.9 Å². The fraction of sp³-hybridized carbons (Fsp3) is 0.214. The van der Waals surface area contributed by atoms with Crippen molar-refractivity contribution in [1.82, 2.24) is 4.98 Å². The minimum Gasteiger partial charge on any atom is -0.387 e. The fourth-order valence-electron chi connectivity index (χ4n) is 1.65. The van der Waals surface area contributed by atoms with E-state index in [1.54, 1.807) is 24.2 Å². The summed E-state index contributed by atoms with van der Waals surface area (Å²) in [5, 5.41) is 10.9. The van der Waals surface area contributed by atoms with E-state index in [4.69, 9.17) is 11.6 Å². The Hall–Kier alpha value is -1.03. The summed E-state index contributed by atoms with van der Waals surface area (Å²) < 4.78 is 0. The zero-order valence-electron chi connectivity index (χ0n) is 10.0. The molecule has 0 aliphatic heterocycles. The van der Waals surface area contributed by atoms with Crippen LogP contribution in [0.2, 0.25) is 5.02 Å². The normalized spacial score (nSPS) is 12.4. The second kappa shape index (κ2) is 6.23. The van der Waals surface area contributed by atoms with Gasteiger partial charge in [-0.15, -0.1) is 11.8 Å². The lowest BCUT2D eigenvalue weighted by Gasteiger charge is -2.13. The molecule has 0 bridgehead atoms. The van der Waals surface area contributed by atoms with Crippen LogP contribution in [0.4, 0.5) is 0 Å². The maximum Gasteiger partial charge on any atom is 0.0901 e. The van der Waals surface area contributed by atoms with E-state index in [1.165, 1.54) is 0 Å². The number of nitrogens with zero attached hydrogens (tertiary/aromatic N) is 1. The average molecular weight is 280 g/mol. The first-order chi connectivity index (χ1) is 8.68. The van der Waals surface area contributed by atoms with Crippen molar-refractivity contribution >= 4 is 23.4 Å². The van der Waals surface area contributed by atoms with Gasteiger partial charge in [0.05, 0.1) is 11.1 Å². The minimum atomic E-state index is -0.528. The summed E-state index contributed by atoms with van der Waals surface area (Å²) in [5.41, 5.74) is 1.93. The first-order valence-electron chi connectivity index (χ1n) is 5.64. The summed E-state index contributed by atoms with van der Waals surface area (Å²) in [7, 11) is 0. The van der Waals surface area contributed by atoms with Gasteiger partial charge in [0.1, 0.15) is 0 Å². The maximum absolute atomic E-state index is 10.1. The van der Waals surface area contributed by atoms with E-state index in [0.29, 0.717) is 5.75 Å². The molecule has 0 saturated carbocycles. The summed E-state index contributed by atoms with van der Waals surface area (Å²) in [6, 6.07) is 9.55. The molecule has 0 spiro atoms. The van der Waals surface area contributed by atoms with Gasteiger partial charge in [-0.05, 0) is 30.7 Å². The second-order valence-electron chi connectivity index (χ2n) is 3.99. The van der Waals surface area contributed by atoms with Gasteiger partial charge < -0.3 is 5.11 Å². The highest BCUT2D eigenvalue weighted by atomic mass is 35.5. The van der Waals surface area contributed by atoms with Gasteiger partial charge in [-0.2, -0.15) is 0 Å². The molecule has 4 heteroatoms. The molecule has 18 heavy (non-hydrogen) atoms. The molecule has 2 aromatic rings. The van der Waals surface area contributed by atoms with Crippen LogP contribution in [0.3, 0.4) is 0 Å². The standard InChI is InChI=1S/C14H14ClNOS/c1-10-6-7-16-8-11(10)13(17)9-18-14-5-3-2-4-12(14)15/h2-8,13,17H,9H2,1H3. The Kier molecular flexibility index (Phi) is 4.64. The Morgan fingerprint density at radius 3 is 2.83 bits per heavy atom. The minimum absolute atomic E-state index is 0.528. The molecule has 1 unspecified atom stereocenters. The number of aryl methyl sites for hydroxylation is 1. The van der Waals surface area contributed by atoms with Crippen molar-refractivity contribution in [1.29, 1.82) is 0 Å². The van der Waals surface area contributed by atoms with E-state index >= 15 is 0 Å². The molecule has 1 atom stereocenters. The Morgan fingerprint density at radius 1 is 1.33 bits per heavy atom. The highest BCUT2D eigenvalue weighted by Gasteiger charge is 2.11. The van der Waals surface area contributed by atoms with E-state index in [1.807, 2.05) is 37.3 Å². The molecule has 0 amide bonds. The van der Waals surface area contributed by atoms with Crippen LogP contribution in [-0.2, 0) is 0 Å². The highest BCUT2D eigenvalue weighted by molar-refractivity contribution is 7.99. The summed E-state index contributed by atoms with van der Waals surface area (Å²) >= 11 is 7.62. The quantitative estimate of drug-likeness (QED) is 0.863. The smallest absolute Gasteiger partial charge is 0.0901 e. The molecule has 0 aliphatic rings. The maximum atomic E-state index is 10.1. The number of hydrogen-bond donors (Lipinski definition) is 1. The molecular formula is C14H14ClNOS. The molecular weight excluding hydrogens is 266 g/mol. The lowest BCUT2D eigenvalue weighted by molar-refractivity contribution is 0.203. The van der Waals surface area contributed by atoms with Crippen LogP contribution in [0.25, 0.3) is 0 Å². The summed E-state index contributed by atoms with van der Waals surface area (Å²) in [6.45, 7) is 1.97. The Bertz CT molecular complexity index is 533. The van der Waals surface area contributed by atoms with Gasteiger partial charge in [0.2, 0.25) is 0 Å². The van der Waals surface area contributed by atoms with Crippen LogP contribution in [0.1, 0.15) is 17.2 Å². The number of aromatic nitrogens is 1. The van der Waals surface area contributed by atoms with Gasteiger partial charge in [-0.1, -0.05) is 23.7 Å². The van der Waals surface area contributed by atoms with E-state index in [0.717, 1.165) is 21.0 Å². The van der Waals surface area contributed by atoms with Crippen LogP contribution < -0.4 is 0 Å². The van der Waals surface area contributed by atoms with E-state index < -0.39 is 6.10 Å². The summed E-state index contributed by atoms with van der Waals surface area (Å²) in [5.74, 6) is 0.566. The van der Waals surface area contributed by atoms with E-state index in [9.17, 15) is 5.11 Å². The highest BCUT2D eigenvalue weighted by Crippen LogP contribution is 2.30. The topological polar surface area (TPSA) is 33.1 Å². The fourth-order valence-corrected chi connectivity index (χ4v) is 2.84. The van der Waals surface area contributed by atoms with Crippen molar-refractivity contribution in [2.45, 2.75) is 17.9 Å². The van der Waals surface area contributed by atoms with Gasteiger partial charge in [0.15, 0.2) is 0 Å². The van der Waals surface area contributed by atoms with Gasteiger partial charge in [0.25, 0.3) is 0 Å². The number of halogens is 1. The van der Waals surface area contributed by atoms with Crippen molar-refractivity contribution in [3.8, 4) is 0 Å². The van der Waals surface area contributed by atoms with Crippen molar-refractivity contribution in [3.63, 3.8) is 0 Å². The Labute approximate surface area is 116 Å². The second-order valence-corrected chi connectivity index (χ2v) is 5.46. The third kappa shape index (κ3) is 3.25. The number of aliphatic hydroxyl groups excluding tert-OH is 1. The first-order valence-corrected chi connectivity index (χ1v) is 7.00. The zero-order valence-corrected chi connectivity index (χ0v) is 11.6. The van der Waals surface area contributed by atoms with E-state index in [2.05, 4.69) is 4.98 Å². The van der Waals surface area contributed by atoms with Crippen molar-refractivity contribution in [2.24, 2.45) is 0 Å². The van der Waals surface area contributed by atoms with Crippen molar-refractivity contribution in [2.75, 3.05) is 5.75 Å². The number of pyridine rings is 1. The lowest BCUT2D eigenvalue weighted by atomic mass is 10.1. The largest absolute Gasteiger partial charge is 0.387 e. The molecule has 0 radical (unpaired) electrons. The van der Waals surface area contributed by atoms with Crippen molar-refractivity contribution < 1.29 is 5.11 Å². The van der Waals surface area contributed by atoms with Crippen LogP contribution in [0.5, 0.6) is 0 Å². The third-order valence-electron chi connectivity index (χ3n) is 2.67. The number of thioether (sulfide) groups is 1. The molecule has 94 valence electrons. The number of hydrogen-bond acceptors (Lipinski definition) is 3. The number of aliphatic hydroxyl groups is 1. The van der Waals surface area contributed by atoms with Gasteiger partial charge in [-0.25, -0.2) is 0 Å². The van der Waals surface area contributed by atoms with Gasteiger partial charge in [-0.3, -0.25) is 4.98 Å². The Morgan fingerprint density at radius 2 is 2.11 bits per heavy atom. The van der Waals surface area contributed by atoms with Crippen LogP contribution in [0.15, 0.2) is 47.6 Å². The summed E-state index contributed by atoms with van der Waals surface area (Å²) in [4.78, 5) is 5.03. The first kappa shape index (κ1) is 13.4. The monoisotopic (exact) mass is 279 g/mol. The Balaban J connectivity index is 2.03. The average Bonchev–Trinajstić information content (AvgIpc) is 2.38. The SMILES string of the molecule is Cc1ccncc1C(O)CSc1ccccc1Cl. The molecule has 2 rings (SSSR count). The predicted molar refractivity (Wildman–Crippen MR) is 76.1 cm³/mol. The number of rotatable bonds is 4. The number of benzene rings is 1. The molecule has 0 aliphatic carbocycles. The molecule has 0 fully saturated rings.